The number of likely N-dealkylation sites (N-methyl/N-ethyl adjacent to an activating group) is 1. The number of benzene rings is 3. The smallest absolute Gasteiger partial charge is 0.351 e. The molecule has 10 heteroatoms. The van der Waals surface area contributed by atoms with Crippen molar-refractivity contribution in [3.05, 3.63) is 89.5 Å². The van der Waals surface area contributed by atoms with E-state index in [1.165, 1.54) is 66.0 Å². The molecule has 0 spiro atoms. The molecule has 1 N–H and O–H groups in total. The Labute approximate surface area is 189 Å². The third-order valence-electron chi connectivity index (χ3n) is 4.71. The van der Waals surface area contributed by atoms with Gasteiger partial charge in [-0.1, -0.05) is 18.2 Å². The number of nitrogens with one attached hydrogen (secondary N) is 1. The van der Waals surface area contributed by atoms with E-state index in [-0.39, 0.29) is 24.2 Å². The average Bonchev–Trinajstić information content (AvgIpc) is 2.78. The fourth-order valence-electron chi connectivity index (χ4n) is 2.99. The highest BCUT2D eigenvalue weighted by Crippen LogP contribution is 2.31. The zero-order valence-electron chi connectivity index (χ0n) is 17.3. The fraction of sp³-hybridized carbons (Fsp3) is 0.174. The van der Waals surface area contributed by atoms with Crippen molar-refractivity contribution in [3.63, 3.8) is 0 Å². The van der Waals surface area contributed by atoms with Crippen LogP contribution in [0.15, 0.2) is 71.6 Å². The van der Waals surface area contributed by atoms with Gasteiger partial charge in [0.1, 0.15) is 22.6 Å². The minimum atomic E-state index is -4.49. The fourth-order valence-corrected chi connectivity index (χ4v) is 3.95. The first-order valence-corrected chi connectivity index (χ1v) is 10.8. The molecule has 4 nitrogen and oxygen atoms in total. The molecule has 0 saturated heterocycles. The Morgan fingerprint density at radius 2 is 1.61 bits per heavy atom. The highest BCUT2D eigenvalue weighted by atomic mass is 32.2. The van der Waals surface area contributed by atoms with Crippen molar-refractivity contribution in [1.82, 2.24) is 9.62 Å². The molecule has 3 aromatic rings. The van der Waals surface area contributed by atoms with Crippen LogP contribution in [-0.4, -0.2) is 28.0 Å². The van der Waals surface area contributed by atoms with Gasteiger partial charge in [-0.15, -0.1) is 0 Å². The standard InChI is InChI=1S/C23H19F5N2O2S/c1-30(33(32)19-9-7-18(24)8-10-19)14-22(31)29-13-15-2-11-21(25)20(12-15)16-3-5-17(6-4-16)23(26,27)28/h2-12H,13-14H2,1H3,(H,29,31). The minimum Gasteiger partial charge on any atom is -0.351 e. The Kier molecular flexibility index (Phi) is 7.60. The number of hydrogen-bond acceptors (Lipinski definition) is 2. The first-order chi connectivity index (χ1) is 15.5. The zero-order valence-corrected chi connectivity index (χ0v) is 18.1. The highest BCUT2D eigenvalue weighted by molar-refractivity contribution is 7.82. The Morgan fingerprint density at radius 1 is 0.970 bits per heavy atom. The summed E-state index contributed by atoms with van der Waals surface area (Å²) in [6.07, 6.45) is -4.49. The molecule has 0 aliphatic heterocycles. The van der Waals surface area contributed by atoms with Gasteiger partial charge in [-0.2, -0.15) is 13.2 Å². The van der Waals surface area contributed by atoms with Crippen molar-refractivity contribution in [2.24, 2.45) is 0 Å². The molecule has 0 aliphatic rings. The van der Waals surface area contributed by atoms with Gasteiger partial charge in [-0.05, 0) is 59.7 Å². The van der Waals surface area contributed by atoms with Gasteiger partial charge in [0.25, 0.3) is 0 Å². The monoisotopic (exact) mass is 482 g/mol. The molecule has 1 amide bonds. The Hall–Kier alpha value is -3.11. The molecule has 0 heterocycles. The number of carbonyl (C=O) groups is 1. The van der Waals surface area contributed by atoms with Crippen molar-refractivity contribution >= 4 is 16.9 Å². The molecule has 3 aromatic carbocycles. The Bertz CT molecular complexity index is 1150. The van der Waals surface area contributed by atoms with Crippen LogP contribution in [0.2, 0.25) is 0 Å². The Balaban J connectivity index is 1.62. The highest BCUT2D eigenvalue weighted by Gasteiger charge is 2.30. The van der Waals surface area contributed by atoms with E-state index in [1.807, 2.05) is 0 Å². The number of halogens is 5. The second-order valence-electron chi connectivity index (χ2n) is 7.16. The summed E-state index contributed by atoms with van der Waals surface area (Å²) in [6, 6.07) is 13.2. The largest absolute Gasteiger partial charge is 0.416 e. The number of amides is 1. The zero-order chi connectivity index (χ0) is 24.2. The van der Waals surface area contributed by atoms with Crippen molar-refractivity contribution in [2.45, 2.75) is 17.6 Å². The molecule has 1 atom stereocenters. The van der Waals surface area contributed by atoms with Gasteiger partial charge in [0.05, 0.1) is 17.0 Å². The van der Waals surface area contributed by atoms with Gasteiger partial charge in [0.15, 0.2) is 0 Å². The summed E-state index contributed by atoms with van der Waals surface area (Å²) in [4.78, 5) is 12.6. The molecule has 1 unspecified atom stereocenters. The van der Waals surface area contributed by atoms with E-state index in [1.54, 1.807) is 0 Å². The van der Waals surface area contributed by atoms with Crippen LogP contribution in [0.5, 0.6) is 0 Å². The van der Waals surface area contributed by atoms with Crippen molar-refractivity contribution in [1.29, 1.82) is 0 Å². The summed E-state index contributed by atoms with van der Waals surface area (Å²) in [5.74, 6) is -1.53. The van der Waals surface area contributed by atoms with E-state index < -0.39 is 40.3 Å². The predicted octanol–water partition coefficient (Wildman–Crippen LogP) is 4.92. The van der Waals surface area contributed by atoms with Crippen LogP contribution in [0.1, 0.15) is 11.1 Å². The van der Waals surface area contributed by atoms with Gasteiger partial charge in [-0.25, -0.2) is 17.3 Å². The second-order valence-corrected chi connectivity index (χ2v) is 8.75. The maximum Gasteiger partial charge on any atom is 0.416 e. The maximum atomic E-state index is 14.3. The minimum absolute atomic E-state index is 0.0315. The first kappa shape index (κ1) is 24.5. The number of carbonyl (C=O) groups excluding carboxylic acids is 1. The summed E-state index contributed by atoms with van der Waals surface area (Å²) >= 11 is 0. The third kappa shape index (κ3) is 6.45. The summed E-state index contributed by atoms with van der Waals surface area (Å²) in [7, 11) is -0.197. The quantitative estimate of drug-likeness (QED) is 0.486. The van der Waals surface area contributed by atoms with Crippen LogP contribution in [0, 0.1) is 11.6 Å². The summed E-state index contributed by atoms with van der Waals surface area (Å²) < 4.78 is 79.2. The SMILES string of the molecule is CN(CC(=O)NCc1ccc(F)c(-c2ccc(C(F)(F)F)cc2)c1)S(=O)c1ccc(F)cc1. The summed E-state index contributed by atoms with van der Waals surface area (Å²) in [5.41, 5.74) is 0.0623. The van der Waals surface area contributed by atoms with Gasteiger partial charge >= 0.3 is 6.18 Å². The molecular weight excluding hydrogens is 463 g/mol. The van der Waals surface area contributed by atoms with Crippen LogP contribution >= 0.6 is 0 Å². The molecule has 0 aromatic heterocycles. The molecule has 33 heavy (non-hydrogen) atoms. The lowest BCUT2D eigenvalue weighted by molar-refractivity contribution is -0.137. The lowest BCUT2D eigenvalue weighted by Crippen LogP contribution is -2.35. The van der Waals surface area contributed by atoms with Crippen LogP contribution in [0.3, 0.4) is 0 Å². The van der Waals surface area contributed by atoms with E-state index in [4.69, 9.17) is 0 Å². The average molecular weight is 482 g/mol. The van der Waals surface area contributed by atoms with Gasteiger partial charge in [0, 0.05) is 19.2 Å². The van der Waals surface area contributed by atoms with Crippen LogP contribution < -0.4 is 5.32 Å². The van der Waals surface area contributed by atoms with E-state index in [0.29, 0.717) is 10.5 Å². The second kappa shape index (κ2) is 10.2. The van der Waals surface area contributed by atoms with Crippen molar-refractivity contribution < 1.29 is 31.0 Å². The molecule has 0 bridgehead atoms. The number of rotatable bonds is 7. The predicted molar refractivity (Wildman–Crippen MR) is 114 cm³/mol. The molecule has 174 valence electrons. The van der Waals surface area contributed by atoms with Gasteiger partial charge in [-0.3, -0.25) is 4.79 Å². The lowest BCUT2D eigenvalue weighted by atomic mass is 10.0. The molecule has 0 aliphatic carbocycles. The van der Waals surface area contributed by atoms with Crippen LogP contribution in [0.25, 0.3) is 11.1 Å². The van der Waals surface area contributed by atoms with Crippen molar-refractivity contribution in [2.75, 3.05) is 13.6 Å². The number of alkyl halides is 3. The van der Waals surface area contributed by atoms with Crippen LogP contribution in [0.4, 0.5) is 22.0 Å². The molecule has 0 radical (unpaired) electrons. The third-order valence-corrected chi connectivity index (χ3v) is 6.08. The maximum absolute atomic E-state index is 14.3. The molecule has 0 fully saturated rings. The normalized spacial score (nSPS) is 12.6. The number of hydrogen-bond donors (Lipinski definition) is 1. The van der Waals surface area contributed by atoms with E-state index in [2.05, 4.69) is 5.32 Å². The van der Waals surface area contributed by atoms with E-state index in [9.17, 15) is 31.0 Å². The first-order valence-electron chi connectivity index (χ1n) is 9.66. The van der Waals surface area contributed by atoms with Gasteiger partial charge < -0.3 is 5.32 Å². The van der Waals surface area contributed by atoms with E-state index in [0.717, 1.165) is 12.1 Å². The van der Waals surface area contributed by atoms with Gasteiger partial charge in [0.2, 0.25) is 5.91 Å². The summed E-state index contributed by atoms with van der Waals surface area (Å²) in [5, 5.41) is 2.63. The molecular formula is C23H19F5N2O2S. The van der Waals surface area contributed by atoms with E-state index >= 15 is 0 Å². The summed E-state index contributed by atoms with van der Waals surface area (Å²) in [6.45, 7) is -0.180. The topological polar surface area (TPSA) is 49.4 Å². The molecule has 0 saturated carbocycles. The number of nitrogens with zero attached hydrogens (tertiary/aromatic N) is 1. The Morgan fingerprint density at radius 3 is 2.21 bits per heavy atom. The lowest BCUT2D eigenvalue weighted by Gasteiger charge is -2.16. The molecule has 3 rings (SSSR count). The van der Waals surface area contributed by atoms with Crippen LogP contribution in [-0.2, 0) is 28.5 Å². The van der Waals surface area contributed by atoms with Crippen molar-refractivity contribution in [3.8, 4) is 11.1 Å².